The molecule has 2 rings (SSSR count). The third-order valence-corrected chi connectivity index (χ3v) is 12.4. The molecule has 0 saturated carbocycles. The number of allylic oxidation sites excluding steroid dienone is 1. The van der Waals surface area contributed by atoms with Crippen LogP contribution in [0.4, 0.5) is 5.82 Å². The maximum Gasteiger partial charge on any atom is 0.171 e. The summed E-state index contributed by atoms with van der Waals surface area (Å²) in [5.41, 5.74) is 4.61. The standard InChI is InChI=1S/C17H29ClN2Si/c1-11(2)21(12(3)4,13(5)6)20-14(7)10-15-16(18)8-9-19-17(15)20/h8-13,16,19H,1-7H3. The number of nitrogens with one attached hydrogen (secondary N) is 1. The van der Waals surface area contributed by atoms with Crippen molar-refractivity contribution in [2.75, 3.05) is 5.32 Å². The molecule has 0 fully saturated rings. The maximum atomic E-state index is 6.50. The number of aromatic nitrogens is 1. The van der Waals surface area contributed by atoms with E-state index in [0.717, 1.165) is 0 Å². The Morgan fingerprint density at radius 2 is 1.62 bits per heavy atom. The van der Waals surface area contributed by atoms with Gasteiger partial charge in [-0.3, -0.25) is 0 Å². The highest BCUT2D eigenvalue weighted by molar-refractivity contribution is 6.82. The summed E-state index contributed by atoms with van der Waals surface area (Å²) in [7, 11) is -1.74. The SMILES string of the molecule is Cc1cc2c(n1[Si](C(C)C)(C(C)C)C(C)C)NC=CC2Cl. The second-order valence-electron chi connectivity index (χ2n) is 7.18. The number of fused-ring (bicyclic) bond motifs is 1. The largest absolute Gasteiger partial charge is 0.358 e. The fourth-order valence-corrected chi connectivity index (χ4v) is 11.7. The van der Waals surface area contributed by atoms with E-state index in [1.54, 1.807) is 0 Å². The Bertz CT molecular complexity index is 521. The van der Waals surface area contributed by atoms with Gasteiger partial charge in [-0.05, 0) is 35.7 Å². The van der Waals surface area contributed by atoms with Crippen molar-refractivity contribution >= 4 is 25.7 Å². The first-order valence-corrected chi connectivity index (χ1v) is 10.7. The number of rotatable bonds is 4. The quantitative estimate of drug-likeness (QED) is 0.527. The van der Waals surface area contributed by atoms with Gasteiger partial charge in [-0.1, -0.05) is 41.5 Å². The third kappa shape index (κ3) is 2.38. The van der Waals surface area contributed by atoms with E-state index >= 15 is 0 Å². The first-order chi connectivity index (χ1) is 9.74. The van der Waals surface area contributed by atoms with Crippen molar-refractivity contribution in [3.8, 4) is 0 Å². The Labute approximate surface area is 135 Å². The molecular weight excluding hydrogens is 296 g/mol. The minimum atomic E-state index is -1.74. The fraction of sp³-hybridized carbons (Fsp3) is 0.647. The summed E-state index contributed by atoms with van der Waals surface area (Å²) in [6, 6.07) is 2.28. The summed E-state index contributed by atoms with van der Waals surface area (Å²) >= 11 is 6.50. The monoisotopic (exact) mass is 324 g/mol. The smallest absolute Gasteiger partial charge is 0.171 e. The van der Waals surface area contributed by atoms with Crippen LogP contribution in [0.3, 0.4) is 0 Å². The number of hydrogen-bond donors (Lipinski definition) is 1. The van der Waals surface area contributed by atoms with Gasteiger partial charge in [0.25, 0.3) is 0 Å². The molecule has 1 aliphatic heterocycles. The van der Waals surface area contributed by atoms with Gasteiger partial charge in [-0.15, -0.1) is 11.6 Å². The molecule has 0 bridgehead atoms. The van der Waals surface area contributed by atoms with E-state index in [9.17, 15) is 0 Å². The molecule has 0 aliphatic carbocycles. The van der Waals surface area contributed by atoms with Crippen molar-refractivity contribution < 1.29 is 0 Å². The molecular formula is C17H29ClN2Si. The van der Waals surface area contributed by atoms with Gasteiger partial charge in [-0.25, -0.2) is 0 Å². The zero-order chi connectivity index (χ0) is 15.9. The van der Waals surface area contributed by atoms with Crippen molar-refractivity contribution in [2.24, 2.45) is 0 Å². The van der Waals surface area contributed by atoms with E-state index in [4.69, 9.17) is 11.6 Å². The van der Waals surface area contributed by atoms with Gasteiger partial charge in [0.2, 0.25) is 0 Å². The zero-order valence-electron chi connectivity index (χ0n) is 14.4. The van der Waals surface area contributed by atoms with Gasteiger partial charge in [0.1, 0.15) is 5.82 Å². The summed E-state index contributed by atoms with van der Waals surface area (Å²) in [6.45, 7) is 16.6. The summed E-state index contributed by atoms with van der Waals surface area (Å²) in [4.78, 5) is 0. The Balaban J connectivity index is 2.74. The highest BCUT2D eigenvalue weighted by atomic mass is 35.5. The van der Waals surface area contributed by atoms with Gasteiger partial charge >= 0.3 is 0 Å². The van der Waals surface area contributed by atoms with Crippen molar-refractivity contribution in [1.82, 2.24) is 4.23 Å². The molecule has 1 aliphatic rings. The van der Waals surface area contributed by atoms with E-state index in [1.807, 2.05) is 12.3 Å². The van der Waals surface area contributed by atoms with Gasteiger partial charge < -0.3 is 9.55 Å². The third-order valence-electron chi connectivity index (χ3n) is 5.16. The van der Waals surface area contributed by atoms with Crippen LogP contribution in [-0.4, -0.2) is 12.5 Å². The lowest BCUT2D eigenvalue weighted by Crippen LogP contribution is -2.52. The van der Waals surface area contributed by atoms with Crippen LogP contribution < -0.4 is 5.32 Å². The minimum Gasteiger partial charge on any atom is -0.358 e. The lowest BCUT2D eigenvalue weighted by molar-refractivity contribution is 0.759. The van der Waals surface area contributed by atoms with Crippen molar-refractivity contribution in [1.29, 1.82) is 0 Å². The molecule has 2 nitrogen and oxygen atoms in total. The summed E-state index contributed by atoms with van der Waals surface area (Å²) in [5, 5.41) is 3.47. The zero-order valence-corrected chi connectivity index (χ0v) is 16.1. The predicted molar refractivity (Wildman–Crippen MR) is 97.0 cm³/mol. The van der Waals surface area contributed by atoms with E-state index < -0.39 is 8.24 Å². The lowest BCUT2D eigenvalue weighted by atomic mass is 10.2. The number of alkyl halides is 1. The Morgan fingerprint density at radius 1 is 1.10 bits per heavy atom. The summed E-state index contributed by atoms with van der Waals surface area (Å²) < 4.78 is 2.65. The van der Waals surface area contributed by atoms with Crippen LogP contribution in [-0.2, 0) is 0 Å². The van der Waals surface area contributed by atoms with Gasteiger partial charge in [-0.2, -0.15) is 0 Å². The molecule has 1 unspecified atom stereocenters. The molecule has 1 aromatic rings. The van der Waals surface area contributed by atoms with Crippen LogP contribution in [0, 0.1) is 6.92 Å². The summed E-state index contributed by atoms with van der Waals surface area (Å²) in [6.07, 6.45) is 4.02. The summed E-state index contributed by atoms with van der Waals surface area (Å²) in [5.74, 6) is 1.23. The molecule has 0 radical (unpaired) electrons. The average Bonchev–Trinajstić information content (AvgIpc) is 2.68. The molecule has 2 heterocycles. The molecule has 118 valence electrons. The normalized spacial score (nSPS) is 18.5. The topological polar surface area (TPSA) is 17.0 Å². The van der Waals surface area contributed by atoms with Gasteiger partial charge in [0.05, 0.1) is 5.38 Å². The Kier molecular flexibility index (Phi) is 4.65. The first kappa shape index (κ1) is 16.7. The number of nitrogens with zero attached hydrogens (tertiary/aromatic N) is 1. The molecule has 21 heavy (non-hydrogen) atoms. The molecule has 0 amide bonds. The fourth-order valence-electron chi connectivity index (χ4n) is 4.61. The molecule has 0 spiro atoms. The Morgan fingerprint density at radius 3 is 2.10 bits per heavy atom. The highest BCUT2D eigenvalue weighted by Gasteiger charge is 2.47. The maximum absolute atomic E-state index is 6.50. The molecule has 1 atom stereocenters. The second-order valence-corrected chi connectivity index (χ2v) is 13.3. The van der Waals surface area contributed by atoms with E-state index in [0.29, 0.717) is 16.6 Å². The predicted octanol–water partition coefficient (Wildman–Crippen LogP) is 6.04. The van der Waals surface area contributed by atoms with Crippen LogP contribution in [0.1, 0.15) is 58.2 Å². The second kappa shape index (κ2) is 5.84. The first-order valence-electron chi connectivity index (χ1n) is 8.04. The number of hydrogen-bond acceptors (Lipinski definition) is 1. The number of aryl methyl sites for hydroxylation is 1. The van der Waals surface area contributed by atoms with E-state index in [2.05, 4.69) is 64.1 Å². The molecule has 1 N–H and O–H groups in total. The number of anilines is 1. The van der Waals surface area contributed by atoms with Crippen LogP contribution in [0.25, 0.3) is 0 Å². The van der Waals surface area contributed by atoms with Crippen LogP contribution in [0.15, 0.2) is 18.3 Å². The molecule has 4 heteroatoms. The number of halogens is 1. The van der Waals surface area contributed by atoms with Crippen LogP contribution in [0.5, 0.6) is 0 Å². The molecule has 1 aromatic heterocycles. The van der Waals surface area contributed by atoms with Gasteiger partial charge in [0.15, 0.2) is 8.24 Å². The molecule has 0 aromatic carbocycles. The van der Waals surface area contributed by atoms with E-state index in [1.165, 1.54) is 17.1 Å². The molecule has 0 saturated heterocycles. The van der Waals surface area contributed by atoms with Crippen molar-refractivity contribution in [2.45, 2.75) is 70.5 Å². The van der Waals surface area contributed by atoms with Crippen molar-refractivity contribution in [3.05, 3.63) is 29.6 Å². The lowest BCUT2D eigenvalue weighted by Gasteiger charge is -2.46. The average molecular weight is 325 g/mol. The van der Waals surface area contributed by atoms with Crippen molar-refractivity contribution in [3.63, 3.8) is 0 Å². The van der Waals surface area contributed by atoms with Crippen LogP contribution in [0.2, 0.25) is 16.6 Å². The van der Waals surface area contributed by atoms with Gasteiger partial charge in [0, 0.05) is 17.5 Å². The minimum absolute atomic E-state index is 0.0145. The van der Waals surface area contributed by atoms with Crippen LogP contribution >= 0.6 is 11.6 Å². The highest BCUT2D eigenvalue weighted by Crippen LogP contribution is 2.47. The Hall–Kier alpha value is -0.673. The van der Waals surface area contributed by atoms with E-state index in [-0.39, 0.29) is 5.38 Å².